The maximum Gasteiger partial charge on any atom is 0.294 e. The number of aryl methyl sites for hydroxylation is 1. The number of methoxy groups -OCH3 is 1. The van der Waals surface area contributed by atoms with Gasteiger partial charge in [0.2, 0.25) is 0 Å². The lowest BCUT2D eigenvalue weighted by Crippen LogP contribution is -2.24. The van der Waals surface area contributed by atoms with Gasteiger partial charge in [0.15, 0.2) is 11.4 Å². The minimum Gasteiger partial charge on any atom is -0.493 e. The summed E-state index contributed by atoms with van der Waals surface area (Å²) < 4.78 is 8.26. The number of hydrogen-bond donors (Lipinski definition) is 0. The van der Waals surface area contributed by atoms with Gasteiger partial charge in [-0.05, 0) is 6.07 Å². The van der Waals surface area contributed by atoms with Gasteiger partial charge in [-0.2, -0.15) is 5.10 Å². The fourth-order valence-corrected chi connectivity index (χ4v) is 2.46. The molecule has 2 aromatic heterocycles. The molecule has 6 heteroatoms. The molecule has 0 aliphatic heterocycles. The fraction of sp³-hybridized carbons (Fsp3) is 0.143. The summed E-state index contributed by atoms with van der Waals surface area (Å²) in [7, 11) is 3.10. The molecule has 102 valence electrons. The van der Waals surface area contributed by atoms with E-state index in [0.29, 0.717) is 16.5 Å². The first-order valence-electron chi connectivity index (χ1n) is 5.99. The normalized spacial score (nSPS) is 10.9. The zero-order chi connectivity index (χ0) is 14.3. The summed E-state index contributed by atoms with van der Waals surface area (Å²) in [5.41, 5.74) is 0.994. The maximum absolute atomic E-state index is 12.4. The molecule has 0 saturated carbocycles. The van der Waals surface area contributed by atoms with Crippen molar-refractivity contribution < 1.29 is 4.74 Å². The summed E-state index contributed by atoms with van der Waals surface area (Å²) in [4.78, 5) is 12.4. The number of para-hydroxylation sites is 1. The van der Waals surface area contributed by atoms with Crippen molar-refractivity contribution in [1.82, 2.24) is 14.3 Å². The van der Waals surface area contributed by atoms with Gasteiger partial charge < -0.3 is 9.30 Å². The lowest BCUT2D eigenvalue weighted by atomic mass is 10.2. The van der Waals surface area contributed by atoms with Crippen LogP contribution < -0.4 is 10.3 Å². The molecule has 0 aliphatic carbocycles. The molecule has 0 aliphatic rings. The Bertz CT molecular complexity index is 851. The molecule has 0 bridgehead atoms. The van der Waals surface area contributed by atoms with Crippen LogP contribution in [0.2, 0.25) is 5.02 Å². The molecule has 1 aromatic carbocycles. The third kappa shape index (κ3) is 1.78. The molecule has 0 unspecified atom stereocenters. The van der Waals surface area contributed by atoms with Crippen molar-refractivity contribution in [3.05, 3.63) is 52.0 Å². The zero-order valence-electron chi connectivity index (χ0n) is 11.0. The van der Waals surface area contributed by atoms with Crippen molar-refractivity contribution in [2.75, 3.05) is 7.11 Å². The van der Waals surface area contributed by atoms with Gasteiger partial charge >= 0.3 is 0 Å². The largest absolute Gasteiger partial charge is 0.493 e. The predicted molar refractivity (Wildman–Crippen MR) is 77.9 cm³/mol. The first-order chi connectivity index (χ1) is 9.63. The van der Waals surface area contributed by atoms with Crippen molar-refractivity contribution in [2.45, 2.75) is 0 Å². The summed E-state index contributed by atoms with van der Waals surface area (Å²) in [5, 5.41) is 5.42. The summed E-state index contributed by atoms with van der Waals surface area (Å²) >= 11 is 6.23. The van der Waals surface area contributed by atoms with E-state index in [4.69, 9.17) is 16.3 Å². The molecule has 0 N–H and O–H groups in total. The quantitative estimate of drug-likeness (QED) is 0.728. The lowest BCUT2D eigenvalue weighted by molar-refractivity contribution is 0.406. The third-order valence-corrected chi connectivity index (χ3v) is 3.50. The van der Waals surface area contributed by atoms with Crippen LogP contribution in [0.4, 0.5) is 0 Å². The Morgan fingerprint density at radius 1 is 1.30 bits per heavy atom. The summed E-state index contributed by atoms with van der Waals surface area (Å²) in [5.74, 6) is 0.408. The number of hydrogen-bond acceptors (Lipinski definition) is 3. The molecule has 0 radical (unpaired) electrons. The number of fused-ring (bicyclic) bond motifs is 1. The van der Waals surface area contributed by atoms with E-state index in [-0.39, 0.29) is 5.56 Å². The van der Waals surface area contributed by atoms with Crippen molar-refractivity contribution in [1.29, 1.82) is 0 Å². The van der Waals surface area contributed by atoms with Crippen LogP contribution in [0.1, 0.15) is 0 Å². The molecule has 0 atom stereocenters. The highest BCUT2D eigenvalue weighted by atomic mass is 35.5. The average molecular weight is 290 g/mol. The van der Waals surface area contributed by atoms with Gasteiger partial charge in [-0.25, -0.2) is 4.68 Å². The third-order valence-electron chi connectivity index (χ3n) is 3.20. The van der Waals surface area contributed by atoms with Crippen LogP contribution >= 0.6 is 11.6 Å². The molecule has 5 nitrogen and oxygen atoms in total. The second-order valence-electron chi connectivity index (χ2n) is 4.35. The number of ether oxygens (including phenoxy) is 1. The van der Waals surface area contributed by atoms with Gasteiger partial charge in [-0.15, -0.1) is 0 Å². The van der Waals surface area contributed by atoms with E-state index in [1.807, 2.05) is 24.3 Å². The predicted octanol–water partition coefficient (Wildman–Crippen LogP) is 2.39. The number of benzene rings is 1. The Morgan fingerprint density at radius 3 is 2.80 bits per heavy atom. The van der Waals surface area contributed by atoms with Crippen molar-refractivity contribution in [2.24, 2.45) is 7.05 Å². The van der Waals surface area contributed by atoms with Gasteiger partial charge in [0.1, 0.15) is 0 Å². The second-order valence-corrected chi connectivity index (χ2v) is 4.76. The lowest BCUT2D eigenvalue weighted by Gasteiger charge is -2.10. The average Bonchev–Trinajstić information content (AvgIpc) is 2.79. The molecule has 3 aromatic rings. The van der Waals surface area contributed by atoms with E-state index in [1.54, 1.807) is 17.8 Å². The highest BCUT2D eigenvalue weighted by Crippen LogP contribution is 2.29. The van der Waals surface area contributed by atoms with Crippen LogP contribution in [-0.4, -0.2) is 21.5 Å². The Hall–Kier alpha value is -2.27. The van der Waals surface area contributed by atoms with Crippen LogP contribution in [0, 0.1) is 0 Å². The van der Waals surface area contributed by atoms with Crippen LogP contribution in [-0.2, 0) is 7.05 Å². The zero-order valence-corrected chi connectivity index (χ0v) is 11.8. The van der Waals surface area contributed by atoms with Crippen molar-refractivity contribution >= 4 is 22.5 Å². The minimum atomic E-state index is -0.248. The highest BCUT2D eigenvalue weighted by Gasteiger charge is 2.16. The van der Waals surface area contributed by atoms with Crippen LogP contribution in [0.25, 0.3) is 16.6 Å². The van der Waals surface area contributed by atoms with Crippen molar-refractivity contribution in [3.63, 3.8) is 0 Å². The Kier molecular flexibility index (Phi) is 2.99. The maximum atomic E-state index is 12.4. The molecule has 0 saturated heterocycles. The topological polar surface area (TPSA) is 49.1 Å². The summed E-state index contributed by atoms with van der Waals surface area (Å²) in [6, 6.07) is 7.61. The van der Waals surface area contributed by atoms with Crippen LogP contribution in [0.15, 0.2) is 41.5 Å². The first kappa shape index (κ1) is 12.7. The van der Waals surface area contributed by atoms with Gasteiger partial charge in [-0.1, -0.05) is 29.8 Å². The molecule has 0 fully saturated rings. The number of nitrogens with zero attached hydrogens (tertiary/aromatic N) is 3. The Morgan fingerprint density at radius 2 is 2.05 bits per heavy atom. The minimum absolute atomic E-state index is 0.248. The van der Waals surface area contributed by atoms with E-state index >= 15 is 0 Å². The SMILES string of the molecule is COc1cnn(C)c(=O)c1-n1cc(Cl)c2ccccc21. The van der Waals surface area contributed by atoms with Gasteiger partial charge in [-0.3, -0.25) is 4.79 Å². The van der Waals surface area contributed by atoms with E-state index in [1.165, 1.54) is 18.0 Å². The molecule has 0 spiro atoms. The van der Waals surface area contributed by atoms with E-state index in [2.05, 4.69) is 5.10 Å². The fourth-order valence-electron chi connectivity index (χ4n) is 2.21. The van der Waals surface area contributed by atoms with Crippen molar-refractivity contribution in [3.8, 4) is 11.4 Å². The van der Waals surface area contributed by atoms with Gasteiger partial charge in [0.25, 0.3) is 5.56 Å². The van der Waals surface area contributed by atoms with E-state index in [0.717, 1.165) is 10.9 Å². The molecule has 2 heterocycles. The number of rotatable bonds is 2. The van der Waals surface area contributed by atoms with Crippen LogP contribution in [0.5, 0.6) is 5.75 Å². The first-order valence-corrected chi connectivity index (χ1v) is 6.37. The smallest absolute Gasteiger partial charge is 0.294 e. The van der Waals surface area contributed by atoms with Gasteiger partial charge in [0, 0.05) is 18.6 Å². The van der Waals surface area contributed by atoms with E-state index < -0.39 is 0 Å². The molecular formula is C14H12ClN3O2. The number of halogens is 1. The Balaban J connectivity index is 2.43. The van der Waals surface area contributed by atoms with Gasteiger partial charge in [0.05, 0.1) is 23.8 Å². The second kappa shape index (κ2) is 4.68. The highest BCUT2D eigenvalue weighted by molar-refractivity contribution is 6.35. The summed E-state index contributed by atoms with van der Waals surface area (Å²) in [6.45, 7) is 0. The van der Waals surface area contributed by atoms with Crippen LogP contribution in [0.3, 0.4) is 0 Å². The Labute approximate surface area is 120 Å². The number of aromatic nitrogens is 3. The standard InChI is InChI=1S/C14H12ClN3O2/c1-17-14(19)13(12(20-2)7-16-17)18-8-10(15)9-5-3-4-6-11(9)18/h3-8H,1-2H3. The molecular weight excluding hydrogens is 278 g/mol. The van der Waals surface area contributed by atoms with E-state index in [9.17, 15) is 4.79 Å². The summed E-state index contributed by atoms with van der Waals surface area (Å²) in [6.07, 6.45) is 3.23. The molecule has 3 rings (SSSR count). The molecule has 0 amide bonds. The monoisotopic (exact) mass is 289 g/mol. The molecule has 20 heavy (non-hydrogen) atoms.